The van der Waals surface area contributed by atoms with Crippen LogP contribution in [-0.4, -0.2) is 29.0 Å². The molecule has 1 aromatic carbocycles. The minimum atomic E-state index is -0.199. The molecule has 0 N–H and O–H groups in total. The smallest absolute Gasteiger partial charge is 0.243 e. The molecule has 0 saturated heterocycles. The van der Waals surface area contributed by atoms with Gasteiger partial charge in [0.15, 0.2) is 0 Å². The zero-order valence-corrected chi connectivity index (χ0v) is 12.6. The Morgan fingerprint density at radius 2 is 2.06 bits per heavy atom. The lowest BCUT2D eigenvalue weighted by Gasteiger charge is -2.09. The van der Waals surface area contributed by atoms with Crippen LogP contribution in [0.1, 0.15) is 0 Å². The first-order valence-corrected chi connectivity index (χ1v) is 7.18. The van der Waals surface area contributed by atoms with Gasteiger partial charge < -0.3 is 0 Å². The number of aromatic nitrogens is 2. The standard InChI is InChI=1S/C11H9BrClN3OS/c1-16(9(17)6-13)11-15-14-10(18-11)7-2-4-8(12)5-3-7/h2-5H,6H2,1H3. The maximum atomic E-state index is 11.4. The molecule has 0 radical (unpaired) electrons. The van der Waals surface area contributed by atoms with Crippen LogP contribution in [0.5, 0.6) is 0 Å². The summed E-state index contributed by atoms with van der Waals surface area (Å²) in [6, 6.07) is 7.75. The highest BCUT2D eigenvalue weighted by Gasteiger charge is 2.15. The van der Waals surface area contributed by atoms with Gasteiger partial charge in [0.1, 0.15) is 10.9 Å². The van der Waals surface area contributed by atoms with Gasteiger partial charge in [-0.3, -0.25) is 9.69 Å². The van der Waals surface area contributed by atoms with Crippen LogP contribution in [-0.2, 0) is 4.79 Å². The van der Waals surface area contributed by atoms with E-state index in [0.29, 0.717) is 5.13 Å². The Hall–Kier alpha value is -0.980. The highest BCUT2D eigenvalue weighted by atomic mass is 79.9. The van der Waals surface area contributed by atoms with Crippen molar-refractivity contribution in [2.24, 2.45) is 0 Å². The third-order valence-electron chi connectivity index (χ3n) is 2.28. The lowest BCUT2D eigenvalue weighted by molar-refractivity contribution is -0.116. The van der Waals surface area contributed by atoms with E-state index in [0.717, 1.165) is 15.0 Å². The summed E-state index contributed by atoms with van der Waals surface area (Å²) in [6.07, 6.45) is 0. The van der Waals surface area contributed by atoms with E-state index in [1.54, 1.807) is 7.05 Å². The van der Waals surface area contributed by atoms with E-state index < -0.39 is 0 Å². The van der Waals surface area contributed by atoms with Crippen molar-refractivity contribution in [3.8, 4) is 10.6 Å². The number of alkyl halides is 1. The minimum absolute atomic E-state index is 0.0658. The maximum Gasteiger partial charge on any atom is 0.243 e. The molecule has 0 atom stereocenters. The molecule has 0 spiro atoms. The van der Waals surface area contributed by atoms with Crippen molar-refractivity contribution < 1.29 is 4.79 Å². The molecule has 2 aromatic rings. The molecule has 1 amide bonds. The molecule has 1 aromatic heterocycles. The molecule has 94 valence electrons. The highest BCUT2D eigenvalue weighted by molar-refractivity contribution is 9.10. The Kier molecular flexibility index (Phi) is 4.31. The molecule has 0 aliphatic carbocycles. The molecule has 0 aliphatic rings. The van der Waals surface area contributed by atoms with Gasteiger partial charge in [-0.05, 0) is 12.1 Å². The predicted octanol–water partition coefficient (Wildman–Crippen LogP) is 3.17. The second-order valence-corrected chi connectivity index (χ2v) is 5.62. The number of halogens is 2. The molecule has 1 heterocycles. The van der Waals surface area contributed by atoms with E-state index in [4.69, 9.17) is 11.6 Å². The quantitative estimate of drug-likeness (QED) is 0.802. The fraction of sp³-hybridized carbons (Fsp3) is 0.182. The molecule has 0 bridgehead atoms. The second-order valence-electron chi connectivity index (χ2n) is 3.48. The fourth-order valence-electron chi connectivity index (χ4n) is 1.26. The van der Waals surface area contributed by atoms with Gasteiger partial charge >= 0.3 is 0 Å². The Bertz CT molecular complexity index is 558. The summed E-state index contributed by atoms with van der Waals surface area (Å²) < 4.78 is 1.01. The van der Waals surface area contributed by atoms with Crippen molar-refractivity contribution >= 4 is 49.9 Å². The molecule has 7 heteroatoms. The monoisotopic (exact) mass is 345 g/mol. The van der Waals surface area contributed by atoms with Gasteiger partial charge in [-0.1, -0.05) is 39.4 Å². The number of hydrogen-bond donors (Lipinski definition) is 0. The Labute approximate surface area is 122 Å². The topological polar surface area (TPSA) is 46.1 Å². The maximum absolute atomic E-state index is 11.4. The summed E-state index contributed by atoms with van der Waals surface area (Å²) >= 11 is 10.2. The number of carbonyl (C=O) groups excluding carboxylic acids is 1. The van der Waals surface area contributed by atoms with Gasteiger partial charge in [-0.25, -0.2) is 0 Å². The number of carbonyl (C=O) groups is 1. The zero-order chi connectivity index (χ0) is 13.1. The third-order valence-corrected chi connectivity index (χ3v) is 4.09. The second kappa shape index (κ2) is 5.77. The average Bonchev–Trinajstić information content (AvgIpc) is 2.87. The van der Waals surface area contributed by atoms with E-state index in [1.165, 1.54) is 16.2 Å². The van der Waals surface area contributed by atoms with Crippen LogP contribution in [0, 0.1) is 0 Å². The van der Waals surface area contributed by atoms with Gasteiger partial charge in [0.25, 0.3) is 0 Å². The first-order chi connectivity index (χ1) is 8.61. The van der Waals surface area contributed by atoms with Crippen molar-refractivity contribution in [3.63, 3.8) is 0 Å². The van der Waals surface area contributed by atoms with Crippen LogP contribution in [0.15, 0.2) is 28.7 Å². The van der Waals surface area contributed by atoms with Gasteiger partial charge in [-0.2, -0.15) is 0 Å². The molecule has 0 fully saturated rings. The van der Waals surface area contributed by atoms with Crippen molar-refractivity contribution in [1.29, 1.82) is 0 Å². The Balaban J connectivity index is 2.25. The largest absolute Gasteiger partial charge is 0.289 e. The third kappa shape index (κ3) is 2.88. The number of rotatable bonds is 3. The first-order valence-electron chi connectivity index (χ1n) is 5.04. The summed E-state index contributed by atoms with van der Waals surface area (Å²) in [5.41, 5.74) is 0.966. The van der Waals surface area contributed by atoms with Crippen LogP contribution >= 0.6 is 38.9 Å². The number of hydrogen-bond acceptors (Lipinski definition) is 4. The van der Waals surface area contributed by atoms with E-state index in [-0.39, 0.29) is 11.8 Å². The van der Waals surface area contributed by atoms with Crippen molar-refractivity contribution in [1.82, 2.24) is 10.2 Å². The molecule has 2 rings (SSSR count). The number of nitrogens with zero attached hydrogens (tertiary/aromatic N) is 3. The van der Waals surface area contributed by atoms with Gasteiger partial charge in [0, 0.05) is 17.1 Å². The summed E-state index contributed by atoms with van der Waals surface area (Å²) in [4.78, 5) is 12.8. The summed E-state index contributed by atoms with van der Waals surface area (Å²) in [5, 5.41) is 9.37. The van der Waals surface area contributed by atoms with E-state index in [2.05, 4.69) is 26.1 Å². The average molecular weight is 347 g/mol. The molecule has 18 heavy (non-hydrogen) atoms. The van der Waals surface area contributed by atoms with E-state index in [1.807, 2.05) is 24.3 Å². The zero-order valence-electron chi connectivity index (χ0n) is 9.43. The Morgan fingerprint density at radius 3 is 2.67 bits per heavy atom. The predicted molar refractivity (Wildman–Crippen MR) is 77.2 cm³/mol. The number of anilines is 1. The first kappa shape index (κ1) is 13.5. The molecule has 0 aliphatic heterocycles. The number of benzene rings is 1. The van der Waals surface area contributed by atoms with Crippen molar-refractivity contribution in [2.75, 3.05) is 17.8 Å². The van der Waals surface area contributed by atoms with Crippen LogP contribution in [0.2, 0.25) is 0 Å². The SMILES string of the molecule is CN(C(=O)CCl)c1nnc(-c2ccc(Br)cc2)s1. The van der Waals surface area contributed by atoms with Crippen LogP contribution in [0.3, 0.4) is 0 Å². The van der Waals surface area contributed by atoms with Crippen LogP contribution in [0.25, 0.3) is 10.6 Å². The van der Waals surface area contributed by atoms with E-state index >= 15 is 0 Å². The molecular formula is C11H9BrClN3OS. The van der Waals surface area contributed by atoms with Crippen LogP contribution < -0.4 is 4.90 Å². The van der Waals surface area contributed by atoms with Gasteiger partial charge in [0.2, 0.25) is 11.0 Å². The fourth-order valence-corrected chi connectivity index (χ4v) is 2.53. The van der Waals surface area contributed by atoms with E-state index in [9.17, 15) is 4.79 Å². The summed E-state index contributed by atoms with van der Waals surface area (Å²) in [6.45, 7) is 0. The molecule has 4 nitrogen and oxygen atoms in total. The summed E-state index contributed by atoms with van der Waals surface area (Å²) in [7, 11) is 1.64. The molecule has 0 unspecified atom stereocenters. The number of amides is 1. The Morgan fingerprint density at radius 1 is 1.39 bits per heavy atom. The normalized spacial score (nSPS) is 10.4. The lowest BCUT2D eigenvalue weighted by Crippen LogP contribution is -2.26. The van der Waals surface area contributed by atoms with Gasteiger partial charge in [0.05, 0.1) is 0 Å². The minimum Gasteiger partial charge on any atom is -0.289 e. The summed E-state index contributed by atoms with van der Waals surface area (Å²) in [5.74, 6) is -0.265. The van der Waals surface area contributed by atoms with Gasteiger partial charge in [-0.15, -0.1) is 21.8 Å². The lowest BCUT2D eigenvalue weighted by atomic mass is 10.2. The van der Waals surface area contributed by atoms with Crippen molar-refractivity contribution in [3.05, 3.63) is 28.7 Å². The van der Waals surface area contributed by atoms with Crippen LogP contribution in [0.4, 0.5) is 5.13 Å². The highest BCUT2D eigenvalue weighted by Crippen LogP contribution is 2.28. The molecular weight excluding hydrogens is 338 g/mol. The van der Waals surface area contributed by atoms with Crippen molar-refractivity contribution in [2.45, 2.75) is 0 Å². The molecule has 0 saturated carbocycles.